The summed E-state index contributed by atoms with van der Waals surface area (Å²) >= 11 is 0. The second-order valence-corrected chi connectivity index (χ2v) is 9.92. The van der Waals surface area contributed by atoms with Gasteiger partial charge in [-0.3, -0.25) is 0 Å². The fraction of sp³-hybridized carbons (Fsp3) is 0.281. The zero-order valence-electron chi connectivity index (χ0n) is 20.5. The van der Waals surface area contributed by atoms with Crippen molar-refractivity contribution in [1.82, 2.24) is 5.32 Å². The fourth-order valence-electron chi connectivity index (χ4n) is 5.93. The lowest BCUT2D eigenvalue weighted by atomic mass is 9.72. The Hall–Kier alpha value is -3.43. The van der Waals surface area contributed by atoms with Crippen molar-refractivity contribution >= 4 is 16.7 Å². The van der Waals surface area contributed by atoms with Crippen LogP contribution >= 0.6 is 0 Å². The third kappa shape index (κ3) is 4.74. The first-order chi connectivity index (χ1) is 17.0. The predicted molar refractivity (Wildman–Crippen MR) is 143 cm³/mol. The van der Waals surface area contributed by atoms with Gasteiger partial charge in [0.25, 0.3) is 0 Å². The summed E-state index contributed by atoms with van der Waals surface area (Å²) in [5, 5.41) is 16.0. The van der Waals surface area contributed by atoms with Gasteiger partial charge in [-0.05, 0) is 90.2 Å². The number of benzene rings is 4. The smallest absolute Gasteiger partial charge is 0.335 e. The highest BCUT2D eigenvalue weighted by molar-refractivity contribution is 5.89. The molecule has 0 heterocycles. The van der Waals surface area contributed by atoms with Crippen LogP contribution in [-0.4, -0.2) is 17.6 Å². The Morgan fingerprint density at radius 1 is 0.943 bits per heavy atom. The van der Waals surface area contributed by atoms with E-state index in [9.17, 15) is 9.90 Å². The van der Waals surface area contributed by atoms with Crippen LogP contribution in [0.4, 0.5) is 0 Å². The highest BCUT2D eigenvalue weighted by atomic mass is 16.4. The maximum absolute atomic E-state index is 11.8. The van der Waals surface area contributed by atoms with E-state index in [0.29, 0.717) is 11.5 Å². The van der Waals surface area contributed by atoms with Crippen molar-refractivity contribution in [3.63, 3.8) is 0 Å². The van der Waals surface area contributed by atoms with Crippen LogP contribution in [0, 0.1) is 12.8 Å². The zero-order valence-corrected chi connectivity index (χ0v) is 20.5. The van der Waals surface area contributed by atoms with E-state index < -0.39 is 5.97 Å². The lowest BCUT2D eigenvalue weighted by molar-refractivity contribution is 0.0696. The van der Waals surface area contributed by atoms with Crippen molar-refractivity contribution in [2.75, 3.05) is 6.54 Å². The van der Waals surface area contributed by atoms with Crippen LogP contribution in [-0.2, 0) is 6.42 Å². The zero-order chi connectivity index (χ0) is 24.4. The molecular formula is C32H33NO2. The van der Waals surface area contributed by atoms with Crippen LogP contribution in [0.25, 0.3) is 10.8 Å². The van der Waals surface area contributed by atoms with E-state index in [1.807, 2.05) is 13.0 Å². The quantitative estimate of drug-likeness (QED) is 0.303. The second-order valence-electron chi connectivity index (χ2n) is 9.92. The molecule has 3 heteroatoms. The van der Waals surface area contributed by atoms with Crippen LogP contribution in [0.1, 0.15) is 69.9 Å². The molecule has 5 rings (SSSR count). The van der Waals surface area contributed by atoms with Crippen molar-refractivity contribution in [3.8, 4) is 0 Å². The molecule has 0 aromatic heterocycles. The van der Waals surface area contributed by atoms with Gasteiger partial charge >= 0.3 is 5.97 Å². The highest BCUT2D eigenvalue weighted by Gasteiger charge is 2.29. The molecule has 0 bridgehead atoms. The lowest BCUT2D eigenvalue weighted by Gasteiger charge is -2.33. The van der Waals surface area contributed by atoms with Crippen LogP contribution in [0.2, 0.25) is 0 Å². The van der Waals surface area contributed by atoms with Crippen LogP contribution in [0.15, 0.2) is 84.9 Å². The van der Waals surface area contributed by atoms with E-state index in [1.165, 1.54) is 27.5 Å². The van der Waals surface area contributed by atoms with Gasteiger partial charge in [0.05, 0.1) is 5.56 Å². The number of hydrogen-bond donors (Lipinski definition) is 2. The molecule has 3 nitrogen and oxygen atoms in total. The summed E-state index contributed by atoms with van der Waals surface area (Å²) < 4.78 is 0. The first-order valence-corrected chi connectivity index (χ1v) is 12.6. The standard InChI is InChI=1S/C32H33NO2/c1-21-26(14-8-15-27(21)32(34)35)31-20-23(19-25-10-4-6-13-30(25)31)17-18-33-22(2)28-16-7-11-24-9-3-5-12-29(24)28/h3-16,22-23,31,33H,17-20H2,1-2H3,(H,34,35)/t22-,23?,31?/m1/s1. The summed E-state index contributed by atoms with van der Waals surface area (Å²) in [5.74, 6) is -0.0636. The maximum Gasteiger partial charge on any atom is 0.335 e. The van der Waals surface area contributed by atoms with Crippen molar-refractivity contribution in [2.45, 2.75) is 45.1 Å². The molecule has 35 heavy (non-hydrogen) atoms. The predicted octanol–water partition coefficient (Wildman–Crippen LogP) is 7.28. The first kappa shape index (κ1) is 23.3. The Bertz CT molecular complexity index is 1350. The Morgan fingerprint density at radius 2 is 1.66 bits per heavy atom. The average Bonchev–Trinajstić information content (AvgIpc) is 2.88. The van der Waals surface area contributed by atoms with Gasteiger partial charge in [0.15, 0.2) is 0 Å². The SMILES string of the molecule is Cc1c(C(=O)O)cccc1C1CC(CCN[C@H](C)c2cccc3ccccc23)Cc2ccccc21. The van der Waals surface area contributed by atoms with Crippen molar-refractivity contribution in [1.29, 1.82) is 0 Å². The molecule has 0 amide bonds. The normalized spacial score (nSPS) is 18.2. The average molecular weight is 464 g/mol. The Balaban J connectivity index is 1.33. The lowest BCUT2D eigenvalue weighted by Crippen LogP contribution is -2.26. The minimum Gasteiger partial charge on any atom is -0.478 e. The summed E-state index contributed by atoms with van der Waals surface area (Å²) in [6.45, 7) is 5.16. The number of carboxylic acid groups (broad SMARTS) is 1. The number of aromatic carboxylic acids is 1. The van der Waals surface area contributed by atoms with Crippen molar-refractivity contribution < 1.29 is 9.90 Å². The third-order valence-corrected chi connectivity index (χ3v) is 7.78. The molecule has 178 valence electrons. The van der Waals surface area contributed by atoms with Gasteiger partial charge in [-0.25, -0.2) is 4.79 Å². The van der Waals surface area contributed by atoms with Crippen molar-refractivity contribution in [3.05, 3.63) is 118 Å². The second kappa shape index (κ2) is 10.1. The number of carbonyl (C=O) groups is 1. The summed E-state index contributed by atoms with van der Waals surface area (Å²) in [4.78, 5) is 11.8. The van der Waals surface area contributed by atoms with E-state index >= 15 is 0 Å². The van der Waals surface area contributed by atoms with E-state index in [0.717, 1.165) is 36.9 Å². The van der Waals surface area contributed by atoms with Gasteiger partial charge in [0.1, 0.15) is 0 Å². The topological polar surface area (TPSA) is 49.3 Å². The fourth-order valence-corrected chi connectivity index (χ4v) is 5.93. The Kier molecular flexibility index (Phi) is 6.70. The van der Waals surface area contributed by atoms with E-state index in [1.54, 1.807) is 6.07 Å². The molecule has 0 saturated carbocycles. The van der Waals surface area contributed by atoms with E-state index in [4.69, 9.17) is 0 Å². The molecule has 2 unspecified atom stereocenters. The van der Waals surface area contributed by atoms with Crippen molar-refractivity contribution in [2.24, 2.45) is 5.92 Å². The maximum atomic E-state index is 11.8. The minimum absolute atomic E-state index is 0.236. The molecule has 0 aliphatic heterocycles. The molecule has 1 aliphatic rings. The van der Waals surface area contributed by atoms with E-state index in [2.05, 4.69) is 85.0 Å². The number of nitrogens with one attached hydrogen (secondary N) is 1. The summed E-state index contributed by atoms with van der Waals surface area (Å²) in [5.41, 5.74) is 6.55. The summed E-state index contributed by atoms with van der Waals surface area (Å²) in [7, 11) is 0. The van der Waals surface area contributed by atoms with Gasteiger partial charge in [-0.2, -0.15) is 0 Å². The molecule has 0 saturated heterocycles. The Morgan fingerprint density at radius 3 is 2.51 bits per heavy atom. The largest absolute Gasteiger partial charge is 0.478 e. The van der Waals surface area contributed by atoms with Gasteiger partial charge in [-0.15, -0.1) is 0 Å². The molecule has 3 atom stereocenters. The monoisotopic (exact) mass is 463 g/mol. The van der Waals surface area contributed by atoms with Crippen LogP contribution in [0.3, 0.4) is 0 Å². The molecule has 0 radical (unpaired) electrons. The van der Waals surface area contributed by atoms with Gasteiger partial charge < -0.3 is 10.4 Å². The summed E-state index contributed by atoms with van der Waals surface area (Å²) in [6.07, 6.45) is 3.22. The number of hydrogen-bond acceptors (Lipinski definition) is 2. The minimum atomic E-state index is -0.850. The van der Waals surface area contributed by atoms with Gasteiger partial charge in [0, 0.05) is 12.0 Å². The van der Waals surface area contributed by atoms with E-state index in [-0.39, 0.29) is 12.0 Å². The molecular weight excluding hydrogens is 430 g/mol. The Labute approximate surface area is 207 Å². The molecule has 1 aliphatic carbocycles. The number of rotatable bonds is 7. The third-order valence-electron chi connectivity index (χ3n) is 7.78. The van der Waals surface area contributed by atoms with Crippen LogP contribution < -0.4 is 5.32 Å². The highest BCUT2D eigenvalue weighted by Crippen LogP contribution is 2.42. The molecule has 4 aromatic carbocycles. The number of carboxylic acids is 1. The first-order valence-electron chi connectivity index (χ1n) is 12.6. The molecule has 0 spiro atoms. The number of fused-ring (bicyclic) bond motifs is 2. The molecule has 2 N–H and O–H groups in total. The summed E-state index contributed by atoms with van der Waals surface area (Å²) in [6, 6.07) is 29.8. The van der Waals surface area contributed by atoms with Gasteiger partial charge in [0.2, 0.25) is 0 Å². The van der Waals surface area contributed by atoms with Crippen LogP contribution in [0.5, 0.6) is 0 Å². The van der Waals surface area contributed by atoms with Gasteiger partial charge in [-0.1, -0.05) is 78.9 Å². The molecule has 0 fully saturated rings. The molecule has 4 aromatic rings.